The number of rotatable bonds is 6. The van der Waals surface area contributed by atoms with Crippen molar-refractivity contribution in [3.63, 3.8) is 0 Å². The van der Waals surface area contributed by atoms with Crippen LogP contribution in [0.25, 0.3) is 100.0 Å². The molecule has 0 bridgehead atoms. The van der Waals surface area contributed by atoms with Gasteiger partial charge in [0.15, 0.2) is 5.58 Å². The molecule has 0 aliphatic rings. The quantitative estimate of drug-likeness (QED) is 0.165. The SMILES string of the molecule is c1ccc(-c2ccc(-c3cc(-c4ccc(-c5nc6ccccc6o5)cc4)c4cc(-c5ccc(-c6ccccc6)cc5)c5ccccc5c4n3)cc2)cc1. The number of hydrogen-bond donors (Lipinski definition) is 0. The molecule has 10 aromatic rings. The highest BCUT2D eigenvalue weighted by Gasteiger charge is 2.17. The molecule has 0 aliphatic carbocycles. The van der Waals surface area contributed by atoms with E-state index < -0.39 is 0 Å². The van der Waals surface area contributed by atoms with Crippen molar-refractivity contribution in [2.75, 3.05) is 0 Å². The summed E-state index contributed by atoms with van der Waals surface area (Å²) in [5, 5.41) is 3.40. The zero-order chi connectivity index (χ0) is 35.1. The molecule has 2 aromatic heterocycles. The van der Waals surface area contributed by atoms with Gasteiger partial charge in [-0.15, -0.1) is 0 Å². The average molecular weight is 677 g/mol. The van der Waals surface area contributed by atoms with E-state index in [1.807, 2.05) is 30.3 Å². The second-order valence-electron chi connectivity index (χ2n) is 13.4. The number of nitrogens with zero attached hydrogens (tertiary/aromatic N) is 2. The number of hydrogen-bond acceptors (Lipinski definition) is 3. The Hall–Kier alpha value is -7.10. The van der Waals surface area contributed by atoms with Gasteiger partial charge >= 0.3 is 0 Å². The predicted molar refractivity (Wildman–Crippen MR) is 219 cm³/mol. The third-order valence-corrected chi connectivity index (χ3v) is 10.1. The van der Waals surface area contributed by atoms with Gasteiger partial charge in [-0.2, -0.15) is 0 Å². The molecule has 0 N–H and O–H groups in total. The van der Waals surface area contributed by atoms with Crippen LogP contribution in [0.1, 0.15) is 0 Å². The van der Waals surface area contributed by atoms with Gasteiger partial charge in [0.25, 0.3) is 0 Å². The molecule has 0 amide bonds. The standard InChI is InChI=1S/C50H32N2O/c1-3-11-33(12-4-1)35-19-23-37(24-20-35)43-31-45-44(38-25-29-40(30-26-38)50-52-46-17-9-10-18-48(46)53-50)32-47(51-49(45)42-16-8-7-15-41(42)43)39-27-21-36(22-28-39)34-13-5-2-6-14-34/h1-32H. The van der Waals surface area contributed by atoms with E-state index in [1.54, 1.807) is 0 Å². The lowest BCUT2D eigenvalue weighted by Gasteiger charge is -2.16. The molecule has 248 valence electrons. The Morgan fingerprint density at radius 1 is 0.321 bits per heavy atom. The first-order valence-corrected chi connectivity index (χ1v) is 17.9. The molecule has 2 heterocycles. The van der Waals surface area contributed by atoms with Crippen molar-refractivity contribution in [1.82, 2.24) is 9.97 Å². The fourth-order valence-electron chi connectivity index (χ4n) is 7.40. The maximum Gasteiger partial charge on any atom is 0.227 e. The Bertz CT molecular complexity index is 2860. The molecule has 0 unspecified atom stereocenters. The Labute approximate surface area is 307 Å². The third kappa shape index (κ3) is 5.65. The van der Waals surface area contributed by atoms with Gasteiger partial charge in [-0.25, -0.2) is 9.97 Å². The van der Waals surface area contributed by atoms with Crippen molar-refractivity contribution in [3.8, 4) is 67.2 Å². The van der Waals surface area contributed by atoms with Gasteiger partial charge in [0.2, 0.25) is 5.89 Å². The second-order valence-corrected chi connectivity index (χ2v) is 13.4. The van der Waals surface area contributed by atoms with Crippen molar-refractivity contribution in [2.45, 2.75) is 0 Å². The van der Waals surface area contributed by atoms with Crippen LogP contribution < -0.4 is 0 Å². The summed E-state index contributed by atoms with van der Waals surface area (Å²) in [6, 6.07) is 68.3. The smallest absolute Gasteiger partial charge is 0.227 e. The molecule has 10 rings (SSSR count). The summed E-state index contributed by atoms with van der Waals surface area (Å²) < 4.78 is 6.12. The highest BCUT2D eigenvalue weighted by atomic mass is 16.3. The van der Waals surface area contributed by atoms with Crippen LogP contribution in [0.15, 0.2) is 199 Å². The minimum Gasteiger partial charge on any atom is -0.436 e. The first-order chi connectivity index (χ1) is 26.2. The lowest BCUT2D eigenvalue weighted by Crippen LogP contribution is -1.93. The minimum atomic E-state index is 0.615. The molecular weight excluding hydrogens is 645 g/mol. The van der Waals surface area contributed by atoms with Crippen LogP contribution in [0.3, 0.4) is 0 Å². The Morgan fingerprint density at radius 3 is 1.42 bits per heavy atom. The van der Waals surface area contributed by atoms with Crippen LogP contribution in [-0.4, -0.2) is 9.97 Å². The Balaban J connectivity index is 1.15. The highest BCUT2D eigenvalue weighted by molar-refractivity contribution is 6.16. The van der Waals surface area contributed by atoms with Gasteiger partial charge in [-0.05, 0) is 86.3 Å². The molecule has 0 spiro atoms. The van der Waals surface area contributed by atoms with Crippen molar-refractivity contribution in [1.29, 1.82) is 0 Å². The van der Waals surface area contributed by atoms with E-state index in [1.165, 1.54) is 38.8 Å². The number of benzene rings is 8. The van der Waals surface area contributed by atoms with Crippen LogP contribution in [0, 0.1) is 0 Å². The van der Waals surface area contributed by atoms with Crippen molar-refractivity contribution >= 4 is 32.8 Å². The van der Waals surface area contributed by atoms with Gasteiger partial charge in [0, 0.05) is 21.9 Å². The van der Waals surface area contributed by atoms with Crippen molar-refractivity contribution < 1.29 is 4.42 Å². The van der Waals surface area contributed by atoms with Crippen LogP contribution in [-0.2, 0) is 0 Å². The number of para-hydroxylation sites is 2. The number of aromatic nitrogens is 2. The van der Waals surface area contributed by atoms with E-state index in [9.17, 15) is 0 Å². The second kappa shape index (κ2) is 12.9. The summed E-state index contributed by atoms with van der Waals surface area (Å²) in [6.07, 6.45) is 0. The lowest BCUT2D eigenvalue weighted by atomic mass is 9.90. The minimum absolute atomic E-state index is 0.615. The van der Waals surface area contributed by atoms with Gasteiger partial charge in [-0.1, -0.05) is 158 Å². The number of oxazole rings is 1. The number of pyridine rings is 1. The molecule has 0 radical (unpaired) electrons. The van der Waals surface area contributed by atoms with Crippen LogP contribution >= 0.6 is 0 Å². The highest BCUT2D eigenvalue weighted by Crippen LogP contribution is 2.41. The monoisotopic (exact) mass is 676 g/mol. The lowest BCUT2D eigenvalue weighted by molar-refractivity contribution is 0.620. The molecule has 3 heteroatoms. The van der Waals surface area contributed by atoms with E-state index in [2.05, 4.69) is 164 Å². The molecule has 0 saturated heterocycles. The molecule has 0 atom stereocenters. The van der Waals surface area contributed by atoms with E-state index in [0.717, 1.165) is 55.3 Å². The van der Waals surface area contributed by atoms with E-state index in [-0.39, 0.29) is 0 Å². The zero-order valence-corrected chi connectivity index (χ0v) is 28.8. The summed E-state index contributed by atoms with van der Waals surface area (Å²) in [6.45, 7) is 0. The summed E-state index contributed by atoms with van der Waals surface area (Å²) in [5.41, 5.74) is 14.9. The first-order valence-electron chi connectivity index (χ1n) is 17.9. The largest absolute Gasteiger partial charge is 0.436 e. The van der Waals surface area contributed by atoms with Crippen molar-refractivity contribution in [3.05, 3.63) is 194 Å². The predicted octanol–water partition coefficient (Wildman–Crippen LogP) is 13.5. The summed E-state index contributed by atoms with van der Waals surface area (Å²) in [5.74, 6) is 0.615. The normalized spacial score (nSPS) is 11.4. The fourth-order valence-corrected chi connectivity index (χ4v) is 7.40. The zero-order valence-electron chi connectivity index (χ0n) is 28.8. The summed E-state index contributed by atoms with van der Waals surface area (Å²) in [7, 11) is 0. The Morgan fingerprint density at radius 2 is 0.792 bits per heavy atom. The summed E-state index contributed by atoms with van der Waals surface area (Å²) in [4.78, 5) is 10.2. The molecular formula is C50H32N2O. The number of fused-ring (bicyclic) bond motifs is 4. The molecule has 0 saturated carbocycles. The molecule has 0 fully saturated rings. The maximum absolute atomic E-state index is 6.12. The average Bonchev–Trinajstić information content (AvgIpc) is 3.69. The van der Waals surface area contributed by atoms with Crippen LogP contribution in [0.2, 0.25) is 0 Å². The maximum atomic E-state index is 6.12. The fraction of sp³-hybridized carbons (Fsp3) is 0. The molecule has 3 nitrogen and oxygen atoms in total. The third-order valence-electron chi connectivity index (χ3n) is 10.1. The van der Waals surface area contributed by atoms with E-state index in [0.29, 0.717) is 5.89 Å². The van der Waals surface area contributed by atoms with Crippen LogP contribution in [0.5, 0.6) is 0 Å². The molecule has 8 aromatic carbocycles. The van der Waals surface area contributed by atoms with Crippen LogP contribution in [0.4, 0.5) is 0 Å². The molecule has 53 heavy (non-hydrogen) atoms. The molecule has 0 aliphatic heterocycles. The van der Waals surface area contributed by atoms with Gasteiger partial charge in [0.1, 0.15) is 5.52 Å². The van der Waals surface area contributed by atoms with E-state index in [4.69, 9.17) is 14.4 Å². The van der Waals surface area contributed by atoms with Gasteiger partial charge in [0.05, 0.1) is 11.2 Å². The topological polar surface area (TPSA) is 38.9 Å². The first kappa shape index (κ1) is 30.7. The van der Waals surface area contributed by atoms with Gasteiger partial charge in [-0.3, -0.25) is 0 Å². The van der Waals surface area contributed by atoms with E-state index >= 15 is 0 Å². The summed E-state index contributed by atoms with van der Waals surface area (Å²) >= 11 is 0. The van der Waals surface area contributed by atoms with Gasteiger partial charge < -0.3 is 4.42 Å². The Kier molecular flexibility index (Phi) is 7.47. The van der Waals surface area contributed by atoms with Crippen molar-refractivity contribution in [2.24, 2.45) is 0 Å².